The zero-order valence-corrected chi connectivity index (χ0v) is 13.6. The molecule has 0 atom stereocenters. The summed E-state index contributed by atoms with van der Waals surface area (Å²) in [5.74, 6) is 1.04. The smallest absolute Gasteiger partial charge is 0.143 e. The number of anilines is 2. The minimum absolute atomic E-state index is 0.751. The molecule has 1 aliphatic heterocycles. The molecule has 0 aliphatic carbocycles. The molecule has 0 saturated carbocycles. The lowest BCUT2D eigenvalue weighted by Crippen LogP contribution is -2.28. The molecule has 0 spiro atoms. The van der Waals surface area contributed by atoms with Crippen molar-refractivity contribution in [2.45, 2.75) is 39.5 Å². The Bertz CT molecular complexity index is 621. The minimum atomic E-state index is 0.751. The minimum Gasteiger partial charge on any atom is -0.490 e. The predicted octanol–water partition coefficient (Wildman–Crippen LogP) is 5.12. The number of aryl methyl sites for hydroxylation is 2. The molecule has 0 radical (unpaired) electrons. The van der Waals surface area contributed by atoms with Crippen molar-refractivity contribution in [1.29, 1.82) is 0 Å². The molecule has 2 aromatic carbocycles. The molecule has 0 aromatic heterocycles. The number of ether oxygens (including phenoxy) is 1. The highest BCUT2D eigenvalue weighted by molar-refractivity contribution is 5.72. The largest absolute Gasteiger partial charge is 0.490 e. The van der Waals surface area contributed by atoms with Gasteiger partial charge >= 0.3 is 0 Å². The second-order valence-corrected chi connectivity index (χ2v) is 5.92. The van der Waals surface area contributed by atoms with Gasteiger partial charge in [-0.2, -0.15) is 0 Å². The van der Waals surface area contributed by atoms with Crippen LogP contribution in [0.3, 0.4) is 0 Å². The molecule has 1 heterocycles. The number of hydrogen-bond acceptors (Lipinski definition) is 2. The monoisotopic (exact) mass is 295 g/mol. The van der Waals surface area contributed by atoms with Crippen LogP contribution in [-0.2, 0) is 12.8 Å². The van der Waals surface area contributed by atoms with Crippen molar-refractivity contribution >= 4 is 11.4 Å². The zero-order chi connectivity index (χ0) is 15.4. The Kier molecular flexibility index (Phi) is 4.67. The van der Waals surface area contributed by atoms with Gasteiger partial charge in [-0.3, -0.25) is 0 Å². The summed E-state index contributed by atoms with van der Waals surface area (Å²) in [5, 5.41) is 0. The quantitative estimate of drug-likeness (QED) is 0.759. The molecule has 1 aliphatic rings. The van der Waals surface area contributed by atoms with E-state index in [1.807, 2.05) is 0 Å². The van der Waals surface area contributed by atoms with E-state index in [0.29, 0.717) is 0 Å². The molecule has 0 unspecified atom stereocenters. The summed E-state index contributed by atoms with van der Waals surface area (Å²) in [4.78, 5) is 2.38. The zero-order valence-electron chi connectivity index (χ0n) is 13.6. The Morgan fingerprint density at radius 1 is 0.955 bits per heavy atom. The van der Waals surface area contributed by atoms with Gasteiger partial charge in [0.2, 0.25) is 0 Å². The lowest BCUT2D eigenvalue weighted by molar-refractivity contribution is 0.313. The van der Waals surface area contributed by atoms with E-state index in [2.05, 4.69) is 61.2 Å². The Hall–Kier alpha value is -1.96. The van der Waals surface area contributed by atoms with Crippen LogP contribution in [0.25, 0.3) is 0 Å². The Morgan fingerprint density at radius 2 is 1.64 bits per heavy atom. The molecule has 116 valence electrons. The summed E-state index contributed by atoms with van der Waals surface area (Å²) < 4.78 is 5.95. The van der Waals surface area contributed by atoms with Gasteiger partial charge in [-0.1, -0.05) is 44.9 Å². The van der Waals surface area contributed by atoms with Gasteiger partial charge in [0.05, 0.1) is 12.2 Å². The molecule has 2 heteroatoms. The van der Waals surface area contributed by atoms with Gasteiger partial charge in [-0.25, -0.2) is 0 Å². The summed E-state index contributed by atoms with van der Waals surface area (Å²) in [5.41, 5.74) is 5.41. The van der Waals surface area contributed by atoms with Crippen LogP contribution in [0.15, 0.2) is 42.5 Å². The predicted molar refractivity (Wildman–Crippen MR) is 93.4 cm³/mol. The average Bonchev–Trinajstić information content (AvgIpc) is 2.56. The summed E-state index contributed by atoms with van der Waals surface area (Å²) in [7, 11) is 0. The summed E-state index contributed by atoms with van der Waals surface area (Å²) in [6, 6.07) is 15.3. The lowest BCUT2D eigenvalue weighted by atomic mass is 9.97. The molecule has 0 fully saturated rings. The van der Waals surface area contributed by atoms with Gasteiger partial charge in [-0.05, 0) is 48.2 Å². The Morgan fingerprint density at radius 3 is 2.32 bits per heavy atom. The van der Waals surface area contributed by atoms with E-state index in [4.69, 9.17) is 4.74 Å². The molecule has 0 bridgehead atoms. The first-order chi connectivity index (χ1) is 10.8. The average molecular weight is 295 g/mol. The third-order valence-corrected chi connectivity index (χ3v) is 4.25. The summed E-state index contributed by atoms with van der Waals surface area (Å²) >= 11 is 0. The first kappa shape index (κ1) is 15.0. The van der Waals surface area contributed by atoms with E-state index in [9.17, 15) is 0 Å². The summed E-state index contributed by atoms with van der Waals surface area (Å²) in [6.07, 6.45) is 4.64. The van der Waals surface area contributed by atoms with Gasteiger partial charge in [0.1, 0.15) is 12.4 Å². The lowest BCUT2D eigenvalue weighted by Gasteiger charge is -2.32. The fourth-order valence-electron chi connectivity index (χ4n) is 3.23. The van der Waals surface area contributed by atoms with Crippen LogP contribution in [-0.4, -0.2) is 13.2 Å². The van der Waals surface area contributed by atoms with Gasteiger partial charge < -0.3 is 9.64 Å². The number of fused-ring (bicyclic) bond motifs is 1. The number of benzene rings is 2. The van der Waals surface area contributed by atoms with Crippen LogP contribution in [0.1, 0.15) is 37.8 Å². The van der Waals surface area contributed by atoms with Crippen LogP contribution in [0.4, 0.5) is 11.4 Å². The molecule has 3 rings (SSSR count). The highest BCUT2D eigenvalue weighted by atomic mass is 16.5. The van der Waals surface area contributed by atoms with Gasteiger partial charge in [0.15, 0.2) is 0 Å². The normalized spacial score (nSPS) is 13.6. The number of hydrogen-bond donors (Lipinski definition) is 0. The standard InChI is InChI=1S/C20H25NO/c1-3-8-16-14-19-20(15-17(16)9-4-2)22-13-12-21(19)18-10-6-5-7-11-18/h5-7,10-11,14-15H,3-4,8-9,12-13H2,1-2H3. The molecule has 0 saturated heterocycles. The van der Waals surface area contributed by atoms with Crippen molar-refractivity contribution in [2.75, 3.05) is 18.1 Å². The maximum Gasteiger partial charge on any atom is 0.143 e. The molecule has 0 N–H and O–H groups in total. The molecule has 2 nitrogen and oxygen atoms in total. The van der Waals surface area contributed by atoms with E-state index in [0.717, 1.165) is 31.7 Å². The van der Waals surface area contributed by atoms with Crippen LogP contribution < -0.4 is 9.64 Å². The third-order valence-electron chi connectivity index (χ3n) is 4.25. The van der Waals surface area contributed by atoms with Crippen LogP contribution >= 0.6 is 0 Å². The Labute approximate surface area is 133 Å². The third kappa shape index (κ3) is 2.96. The van der Waals surface area contributed by atoms with Crippen LogP contribution in [0, 0.1) is 0 Å². The van der Waals surface area contributed by atoms with E-state index < -0.39 is 0 Å². The first-order valence-corrected chi connectivity index (χ1v) is 8.44. The van der Waals surface area contributed by atoms with Gasteiger partial charge in [0, 0.05) is 5.69 Å². The number of nitrogens with zero attached hydrogens (tertiary/aromatic N) is 1. The van der Waals surface area contributed by atoms with Crippen molar-refractivity contribution in [1.82, 2.24) is 0 Å². The Balaban J connectivity index is 2.03. The van der Waals surface area contributed by atoms with Crippen molar-refractivity contribution in [3.63, 3.8) is 0 Å². The second-order valence-electron chi connectivity index (χ2n) is 5.92. The van der Waals surface area contributed by atoms with Crippen LogP contribution in [0.2, 0.25) is 0 Å². The number of rotatable bonds is 5. The van der Waals surface area contributed by atoms with E-state index in [1.165, 1.54) is 35.3 Å². The maximum absolute atomic E-state index is 5.95. The second kappa shape index (κ2) is 6.87. The van der Waals surface area contributed by atoms with Gasteiger partial charge in [-0.15, -0.1) is 0 Å². The highest BCUT2D eigenvalue weighted by Gasteiger charge is 2.21. The number of para-hydroxylation sites is 1. The van der Waals surface area contributed by atoms with Gasteiger partial charge in [0.25, 0.3) is 0 Å². The van der Waals surface area contributed by atoms with Crippen molar-refractivity contribution in [3.05, 3.63) is 53.6 Å². The highest BCUT2D eigenvalue weighted by Crippen LogP contribution is 2.39. The van der Waals surface area contributed by atoms with E-state index in [1.54, 1.807) is 0 Å². The van der Waals surface area contributed by atoms with E-state index in [-0.39, 0.29) is 0 Å². The molecular formula is C20H25NO. The maximum atomic E-state index is 5.95. The van der Waals surface area contributed by atoms with Crippen molar-refractivity contribution in [3.8, 4) is 5.75 Å². The fraction of sp³-hybridized carbons (Fsp3) is 0.400. The SMILES string of the molecule is CCCc1cc2c(cc1CCC)N(c1ccccc1)CCO2. The van der Waals surface area contributed by atoms with Crippen LogP contribution in [0.5, 0.6) is 5.75 Å². The molecular weight excluding hydrogens is 270 g/mol. The first-order valence-electron chi connectivity index (χ1n) is 8.44. The molecule has 22 heavy (non-hydrogen) atoms. The molecule has 0 amide bonds. The fourth-order valence-corrected chi connectivity index (χ4v) is 3.23. The van der Waals surface area contributed by atoms with Crippen molar-refractivity contribution in [2.24, 2.45) is 0 Å². The summed E-state index contributed by atoms with van der Waals surface area (Å²) in [6.45, 7) is 6.16. The van der Waals surface area contributed by atoms with E-state index >= 15 is 0 Å². The molecule has 2 aromatic rings. The topological polar surface area (TPSA) is 12.5 Å². The van der Waals surface area contributed by atoms with Crippen molar-refractivity contribution < 1.29 is 4.74 Å².